The zero-order valence-electron chi connectivity index (χ0n) is 13.1. The fraction of sp³-hybridized carbons (Fsp3) is 0.412. The summed E-state index contributed by atoms with van der Waals surface area (Å²) < 4.78 is 15.4. The Hall–Kier alpha value is -2.37. The first kappa shape index (κ1) is 14.2. The Morgan fingerprint density at radius 1 is 1.39 bits per heavy atom. The Kier molecular flexibility index (Phi) is 3.32. The van der Waals surface area contributed by atoms with Crippen molar-refractivity contribution < 1.29 is 9.18 Å². The number of anilines is 1. The van der Waals surface area contributed by atoms with E-state index in [1.54, 1.807) is 11.0 Å². The van der Waals surface area contributed by atoms with Gasteiger partial charge in [0.2, 0.25) is 0 Å². The number of hydrogen-bond acceptors (Lipinski definition) is 2. The van der Waals surface area contributed by atoms with Gasteiger partial charge in [-0.3, -0.25) is 9.58 Å². The minimum absolute atomic E-state index is 0.0161. The molecule has 1 atom stereocenters. The van der Waals surface area contributed by atoms with Crippen LogP contribution in [-0.4, -0.2) is 22.4 Å². The lowest BCUT2D eigenvalue weighted by molar-refractivity contribution is 0.241. The van der Waals surface area contributed by atoms with E-state index in [9.17, 15) is 9.18 Å². The summed E-state index contributed by atoms with van der Waals surface area (Å²) in [6.07, 6.45) is 5.55. The molecule has 1 aliphatic heterocycles. The zero-order valence-corrected chi connectivity index (χ0v) is 13.1. The minimum Gasteiger partial charge on any atom is -0.331 e. The van der Waals surface area contributed by atoms with E-state index in [0.717, 1.165) is 36.8 Å². The highest BCUT2D eigenvalue weighted by Gasteiger charge is 2.29. The summed E-state index contributed by atoms with van der Waals surface area (Å²) in [4.78, 5) is 14.3. The van der Waals surface area contributed by atoms with Crippen LogP contribution in [0.4, 0.5) is 14.9 Å². The average molecular weight is 314 g/mol. The molecule has 5 nitrogen and oxygen atoms in total. The van der Waals surface area contributed by atoms with Crippen LogP contribution in [0.2, 0.25) is 0 Å². The summed E-state index contributed by atoms with van der Waals surface area (Å²) in [6.45, 7) is 0.594. The highest BCUT2D eigenvalue weighted by Crippen LogP contribution is 2.32. The molecular weight excluding hydrogens is 295 g/mol. The molecule has 0 fully saturated rings. The number of carbonyl (C=O) groups is 1. The molecule has 2 heterocycles. The van der Waals surface area contributed by atoms with E-state index < -0.39 is 0 Å². The Balaban J connectivity index is 1.55. The third-order valence-corrected chi connectivity index (χ3v) is 4.86. The number of amides is 2. The average Bonchev–Trinajstić information content (AvgIpc) is 3.12. The third-order valence-electron chi connectivity index (χ3n) is 4.86. The monoisotopic (exact) mass is 314 g/mol. The second kappa shape index (κ2) is 5.37. The van der Waals surface area contributed by atoms with Crippen LogP contribution in [-0.2, 0) is 19.9 Å². The number of rotatable bonds is 1. The normalized spacial score (nSPS) is 19.4. The number of halogens is 1. The number of aromatic nitrogens is 2. The van der Waals surface area contributed by atoms with Crippen LogP contribution in [0.3, 0.4) is 0 Å². The van der Waals surface area contributed by atoms with E-state index in [0.29, 0.717) is 12.2 Å². The topological polar surface area (TPSA) is 50.2 Å². The van der Waals surface area contributed by atoms with Gasteiger partial charge in [0.15, 0.2) is 0 Å². The van der Waals surface area contributed by atoms with Crippen molar-refractivity contribution in [2.24, 2.45) is 7.05 Å². The molecule has 2 aromatic rings. The molecule has 0 saturated carbocycles. The maximum absolute atomic E-state index is 13.5. The van der Waals surface area contributed by atoms with Gasteiger partial charge in [-0.15, -0.1) is 0 Å². The Morgan fingerprint density at radius 2 is 2.26 bits per heavy atom. The van der Waals surface area contributed by atoms with E-state index >= 15 is 0 Å². The maximum atomic E-state index is 13.5. The molecule has 6 heteroatoms. The van der Waals surface area contributed by atoms with Crippen LogP contribution < -0.4 is 10.2 Å². The van der Waals surface area contributed by atoms with Gasteiger partial charge in [-0.2, -0.15) is 5.10 Å². The van der Waals surface area contributed by atoms with Gasteiger partial charge in [-0.1, -0.05) is 6.07 Å². The Labute approximate surface area is 134 Å². The van der Waals surface area contributed by atoms with Crippen molar-refractivity contribution in [2.45, 2.75) is 31.7 Å². The summed E-state index contributed by atoms with van der Waals surface area (Å²) in [7, 11) is 1.93. The number of nitrogens with zero attached hydrogens (tertiary/aromatic N) is 3. The van der Waals surface area contributed by atoms with Crippen LogP contribution in [0, 0.1) is 5.82 Å². The number of benzene rings is 1. The Bertz CT molecular complexity index is 770. The van der Waals surface area contributed by atoms with Crippen LogP contribution in [0.5, 0.6) is 0 Å². The van der Waals surface area contributed by atoms with Crippen molar-refractivity contribution in [3.63, 3.8) is 0 Å². The molecule has 1 aromatic heterocycles. The first-order valence-electron chi connectivity index (χ1n) is 8.00. The highest BCUT2D eigenvalue weighted by atomic mass is 19.1. The van der Waals surface area contributed by atoms with Crippen molar-refractivity contribution in [1.29, 1.82) is 0 Å². The number of fused-ring (bicyclic) bond motifs is 2. The molecule has 23 heavy (non-hydrogen) atoms. The molecule has 1 unspecified atom stereocenters. The molecule has 1 N–H and O–H groups in total. The summed E-state index contributed by atoms with van der Waals surface area (Å²) in [5, 5.41) is 7.40. The summed E-state index contributed by atoms with van der Waals surface area (Å²) in [5.74, 6) is -0.310. The molecule has 0 saturated heterocycles. The van der Waals surface area contributed by atoms with Crippen molar-refractivity contribution in [3.05, 3.63) is 47.0 Å². The fourth-order valence-electron chi connectivity index (χ4n) is 3.65. The van der Waals surface area contributed by atoms with Crippen molar-refractivity contribution >= 4 is 11.7 Å². The second-order valence-corrected chi connectivity index (χ2v) is 6.24. The van der Waals surface area contributed by atoms with Gasteiger partial charge in [0, 0.05) is 24.8 Å². The molecule has 1 aliphatic carbocycles. The number of nitrogens with one attached hydrogen (secondary N) is 1. The second-order valence-electron chi connectivity index (χ2n) is 6.24. The standard InChI is InChI=1S/C17H19FN4O/c1-21-15-4-2-3-14(13(15)10-19-21)20-17(23)22-8-7-11-5-6-12(18)9-16(11)22/h5-6,9-10,14H,2-4,7-8H2,1H3,(H,20,23). The van der Waals surface area contributed by atoms with Crippen molar-refractivity contribution in [1.82, 2.24) is 15.1 Å². The van der Waals surface area contributed by atoms with Gasteiger partial charge in [0.25, 0.3) is 0 Å². The molecule has 2 amide bonds. The van der Waals surface area contributed by atoms with Crippen LogP contribution in [0.25, 0.3) is 0 Å². The van der Waals surface area contributed by atoms with Crippen LogP contribution in [0.1, 0.15) is 35.7 Å². The molecule has 2 aliphatic rings. The van der Waals surface area contributed by atoms with Gasteiger partial charge in [0.1, 0.15) is 5.82 Å². The molecule has 4 rings (SSSR count). The summed E-state index contributed by atoms with van der Waals surface area (Å²) in [6, 6.07) is 4.48. The first-order chi connectivity index (χ1) is 11.1. The first-order valence-corrected chi connectivity index (χ1v) is 8.00. The van der Waals surface area contributed by atoms with Gasteiger partial charge >= 0.3 is 6.03 Å². The van der Waals surface area contributed by atoms with Gasteiger partial charge in [-0.25, -0.2) is 9.18 Å². The van der Waals surface area contributed by atoms with E-state index in [4.69, 9.17) is 0 Å². The van der Waals surface area contributed by atoms with Gasteiger partial charge < -0.3 is 5.32 Å². The minimum atomic E-state index is -0.310. The summed E-state index contributed by atoms with van der Waals surface area (Å²) >= 11 is 0. The third kappa shape index (κ3) is 2.38. The van der Waals surface area contributed by atoms with Crippen molar-refractivity contribution in [3.8, 4) is 0 Å². The molecule has 120 valence electrons. The molecule has 0 bridgehead atoms. The number of urea groups is 1. The van der Waals surface area contributed by atoms with E-state index in [-0.39, 0.29) is 17.9 Å². The number of carbonyl (C=O) groups excluding carboxylic acids is 1. The quantitative estimate of drug-likeness (QED) is 0.880. The van der Waals surface area contributed by atoms with E-state index in [2.05, 4.69) is 10.4 Å². The lowest BCUT2D eigenvalue weighted by atomic mass is 9.93. The lowest BCUT2D eigenvalue weighted by Crippen LogP contribution is -2.41. The predicted octanol–water partition coefficient (Wildman–Crippen LogP) is 2.71. The highest BCUT2D eigenvalue weighted by molar-refractivity contribution is 5.94. The smallest absolute Gasteiger partial charge is 0.322 e. The van der Waals surface area contributed by atoms with E-state index in [1.165, 1.54) is 17.8 Å². The zero-order chi connectivity index (χ0) is 16.0. The molecular formula is C17H19FN4O. The maximum Gasteiger partial charge on any atom is 0.322 e. The van der Waals surface area contributed by atoms with Crippen LogP contribution in [0.15, 0.2) is 24.4 Å². The van der Waals surface area contributed by atoms with Crippen molar-refractivity contribution in [2.75, 3.05) is 11.4 Å². The van der Waals surface area contributed by atoms with Gasteiger partial charge in [-0.05, 0) is 43.4 Å². The number of hydrogen-bond donors (Lipinski definition) is 1. The van der Waals surface area contributed by atoms with Crippen LogP contribution >= 0.6 is 0 Å². The fourth-order valence-corrected chi connectivity index (χ4v) is 3.65. The Morgan fingerprint density at radius 3 is 3.13 bits per heavy atom. The predicted molar refractivity (Wildman–Crippen MR) is 84.9 cm³/mol. The number of aryl methyl sites for hydroxylation is 1. The SMILES string of the molecule is Cn1ncc2c1CCCC2NC(=O)N1CCc2ccc(F)cc21. The molecule has 0 radical (unpaired) electrons. The lowest BCUT2D eigenvalue weighted by Gasteiger charge is -2.27. The van der Waals surface area contributed by atoms with Gasteiger partial charge in [0.05, 0.1) is 17.9 Å². The molecule has 0 spiro atoms. The molecule has 1 aromatic carbocycles. The van der Waals surface area contributed by atoms with E-state index in [1.807, 2.05) is 17.9 Å². The largest absolute Gasteiger partial charge is 0.331 e. The summed E-state index contributed by atoms with van der Waals surface area (Å²) in [5.41, 5.74) is 4.00.